The minimum atomic E-state index is -3.76. The van der Waals surface area contributed by atoms with E-state index >= 15 is 0 Å². The van der Waals surface area contributed by atoms with Gasteiger partial charge in [0.1, 0.15) is 5.75 Å². The first-order valence-corrected chi connectivity index (χ1v) is 11.5. The summed E-state index contributed by atoms with van der Waals surface area (Å²) >= 11 is 1.35. The Kier molecular flexibility index (Phi) is 7.26. The van der Waals surface area contributed by atoms with Crippen LogP contribution >= 0.6 is 11.8 Å². The van der Waals surface area contributed by atoms with Crippen LogP contribution in [0.5, 0.6) is 5.75 Å². The lowest BCUT2D eigenvalue weighted by Gasteiger charge is -2.09. The maximum Gasteiger partial charge on any atom is 0.207 e. The van der Waals surface area contributed by atoms with Crippen molar-refractivity contribution in [3.8, 4) is 5.75 Å². The Morgan fingerprint density at radius 3 is 2.37 bits per heavy atom. The Morgan fingerprint density at radius 1 is 1.03 bits per heavy atom. The molecule has 8 heteroatoms. The fourth-order valence-electron chi connectivity index (χ4n) is 2.62. The van der Waals surface area contributed by atoms with Crippen molar-refractivity contribution >= 4 is 33.0 Å². The molecule has 0 aliphatic carbocycles. The third-order valence-corrected chi connectivity index (χ3v) is 6.83. The van der Waals surface area contributed by atoms with Gasteiger partial charge in [-0.2, -0.15) is 5.10 Å². The molecule has 0 saturated heterocycles. The fraction of sp³-hybridized carbons (Fsp3) is 0.0909. The van der Waals surface area contributed by atoms with Gasteiger partial charge < -0.3 is 10.5 Å². The van der Waals surface area contributed by atoms with Crippen molar-refractivity contribution < 1.29 is 13.2 Å². The number of nitrogens with zero attached hydrogens (tertiary/aromatic N) is 2. The average molecular weight is 440 g/mol. The van der Waals surface area contributed by atoms with Crippen LogP contribution in [0.25, 0.3) is 0 Å². The van der Waals surface area contributed by atoms with Crippen LogP contribution in [0, 0.1) is 0 Å². The lowest BCUT2D eigenvalue weighted by molar-refractivity contribution is 0.413. The molecular weight excluding hydrogens is 418 g/mol. The van der Waals surface area contributed by atoms with Crippen LogP contribution in [0.1, 0.15) is 11.1 Å². The lowest BCUT2D eigenvalue weighted by atomic mass is 10.2. The fourth-order valence-corrected chi connectivity index (χ4v) is 4.70. The van der Waals surface area contributed by atoms with Crippen molar-refractivity contribution in [3.05, 3.63) is 90.0 Å². The number of thioether (sulfide) groups is 1. The van der Waals surface area contributed by atoms with Crippen LogP contribution in [0.2, 0.25) is 0 Å². The van der Waals surface area contributed by atoms with Gasteiger partial charge in [-0.25, -0.2) is 8.42 Å². The summed E-state index contributed by atoms with van der Waals surface area (Å²) in [5, 5.41) is 8.25. The van der Waals surface area contributed by atoms with E-state index in [2.05, 4.69) is 10.2 Å². The van der Waals surface area contributed by atoms with Crippen LogP contribution in [0.15, 0.2) is 98.9 Å². The summed E-state index contributed by atoms with van der Waals surface area (Å²) in [6.45, 7) is 0. The Balaban J connectivity index is 1.83. The van der Waals surface area contributed by atoms with Crippen molar-refractivity contribution in [2.24, 2.45) is 15.9 Å². The van der Waals surface area contributed by atoms with Crippen molar-refractivity contribution in [1.29, 1.82) is 0 Å². The van der Waals surface area contributed by atoms with E-state index in [-0.39, 0.29) is 15.0 Å². The third-order valence-electron chi connectivity index (χ3n) is 4.15. The molecule has 0 aliphatic heterocycles. The molecule has 0 atom stereocenters. The summed E-state index contributed by atoms with van der Waals surface area (Å²) in [5.74, 6) is 1.10. The van der Waals surface area contributed by atoms with Crippen LogP contribution in [0.3, 0.4) is 0 Å². The lowest BCUT2D eigenvalue weighted by Crippen LogP contribution is -2.07. The van der Waals surface area contributed by atoms with Crippen LogP contribution in [0.4, 0.5) is 0 Å². The molecule has 0 aromatic heterocycles. The minimum absolute atomic E-state index is 0.0857. The molecule has 154 valence electrons. The molecule has 3 rings (SSSR count). The maximum absolute atomic E-state index is 13.1. The van der Waals surface area contributed by atoms with Gasteiger partial charge in [0.2, 0.25) is 9.84 Å². The SMILES string of the molecule is COc1ccc(C=NN=C(N)SCc2ccccc2)c(S(=O)(=O)c2ccccc2)c1. The van der Waals surface area contributed by atoms with E-state index in [1.54, 1.807) is 42.5 Å². The van der Waals surface area contributed by atoms with Crippen molar-refractivity contribution in [3.63, 3.8) is 0 Å². The Hall–Kier alpha value is -3.10. The number of nitrogens with two attached hydrogens (primary N) is 1. The molecule has 0 radical (unpaired) electrons. The van der Waals surface area contributed by atoms with Gasteiger partial charge in [0, 0.05) is 11.3 Å². The van der Waals surface area contributed by atoms with E-state index in [1.807, 2.05) is 30.3 Å². The highest BCUT2D eigenvalue weighted by Crippen LogP contribution is 2.27. The number of hydrogen-bond acceptors (Lipinski definition) is 6. The monoisotopic (exact) mass is 439 g/mol. The van der Waals surface area contributed by atoms with Crippen LogP contribution < -0.4 is 10.5 Å². The number of sulfone groups is 1. The second kappa shape index (κ2) is 10.1. The molecule has 0 saturated carbocycles. The minimum Gasteiger partial charge on any atom is -0.497 e. The zero-order valence-corrected chi connectivity index (χ0v) is 17.9. The number of methoxy groups -OCH3 is 1. The highest BCUT2D eigenvalue weighted by molar-refractivity contribution is 8.13. The quantitative estimate of drug-likeness (QED) is 0.340. The topological polar surface area (TPSA) is 94.1 Å². The first kappa shape index (κ1) is 21.6. The number of hydrogen-bond donors (Lipinski definition) is 1. The van der Waals surface area contributed by atoms with Crippen LogP contribution in [-0.2, 0) is 15.6 Å². The largest absolute Gasteiger partial charge is 0.497 e. The Morgan fingerprint density at radius 2 is 1.70 bits per heavy atom. The zero-order valence-electron chi connectivity index (χ0n) is 16.3. The molecule has 0 heterocycles. The van der Waals surface area contributed by atoms with E-state index in [4.69, 9.17) is 10.5 Å². The van der Waals surface area contributed by atoms with Gasteiger partial charge >= 0.3 is 0 Å². The molecule has 0 amide bonds. The summed E-state index contributed by atoms with van der Waals surface area (Å²) in [6.07, 6.45) is 1.38. The Labute approximate surface area is 180 Å². The molecule has 0 bridgehead atoms. The molecule has 0 spiro atoms. The summed E-state index contributed by atoms with van der Waals surface area (Å²) in [4.78, 5) is 0.275. The number of amidine groups is 1. The predicted octanol–water partition coefficient (Wildman–Crippen LogP) is 4.11. The molecule has 0 aliphatic rings. The predicted molar refractivity (Wildman–Crippen MR) is 122 cm³/mol. The van der Waals surface area contributed by atoms with Gasteiger partial charge in [0.25, 0.3) is 0 Å². The van der Waals surface area contributed by atoms with E-state index in [0.29, 0.717) is 17.1 Å². The van der Waals surface area contributed by atoms with Crippen molar-refractivity contribution in [2.75, 3.05) is 7.11 Å². The van der Waals surface area contributed by atoms with E-state index in [9.17, 15) is 8.42 Å². The van der Waals surface area contributed by atoms with E-state index in [1.165, 1.54) is 31.2 Å². The summed E-state index contributed by atoms with van der Waals surface area (Å²) in [5.41, 5.74) is 7.42. The highest BCUT2D eigenvalue weighted by Gasteiger charge is 2.21. The van der Waals surface area contributed by atoms with Gasteiger partial charge in [0.15, 0.2) is 5.17 Å². The average Bonchev–Trinajstić information content (AvgIpc) is 2.79. The molecule has 2 N–H and O–H groups in total. The second-order valence-electron chi connectivity index (χ2n) is 6.18. The second-order valence-corrected chi connectivity index (χ2v) is 9.09. The van der Waals surface area contributed by atoms with Gasteiger partial charge in [-0.15, -0.1) is 5.10 Å². The molecular formula is C22H21N3O3S2. The first-order chi connectivity index (χ1) is 14.5. The normalized spacial score (nSPS) is 12.2. The summed E-state index contributed by atoms with van der Waals surface area (Å²) in [6, 6.07) is 22.8. The van der Waals surface area contributed by atoms with Gasteiger partial charge in [-0.3, -0.25) is 0 Å². The molecule has 30 heavy (non-hydrogen) atoms. The zero-order chi connectivity index (χ0) is 21.4. The molecule has 3 aromatic carbocycles. The molecule has 0 fully saturated rings. The smallest absolute Gasteiger partial charge is 0.207 e. The number of rotatable bonds is 7. The van der Waals surface area contributed by atoms with Crippen molar-refractivity contribution in [2.45, 2.75) is 15.5 Å². The molecule has 6 nitrogen and oxygen atoms in total. The summed E-state index contributed by atoms with van der Waals surface area (Å²) in [7, 11) is -2.27. The van der Waals surface area contributed by atoms with Crippen molar-refractivity contribution in [1.82, 2.24) is 0 Å². The van der Waals surface area contributed by atoms with Gasteiger partial charge in [0.05, 0.1) is 23.1 Å². The number of benzene rings is 3. The van der Waals surface area contributed by atoms with E-state index < -0.39 is 9.84 Å². The van der Waals surface area contributed by atoms with Crippen LogP contribution in [-0.4, -0.2) is 26.9 Å². The third kappa shape index (κ3) is 5.49. The first-order valence-electron chi connectivity index (χ1n) is 9.02. The van der Waals surface area contributed by atoms with Gasteiger partial charge in [-0.1, -0.05) is 60.3 Å². The summed E-state index contributed by atoms with van der Waals surface area (Å²) < 4.78 is 31.4. The van der Waals surface area contributed by atoms with E-state index in [0.717, 1.165) is 5.56 Å². The Bertz CT molecular complexity index is 1150. The molecule has 3 aromatic rings. The maximum atomic E-state index is 13.1. The van der Waals surface area contributed by atoms with Gasteiger partial charge in [-0.05, 0) is 35.9 Å². The number of ether oxygens (including phenoxy) is 1. The standard InChI is InChI=1S/C22H21N3O3S2/c1-28-19-13-12-18(21(14-19)30(26,27)20-10-6-3-7-11-20)15-24-25-22(23)29-16-17-8-4-2-5-9-17/h2-15H,16H2,1H3,(H2,23,25). The molecule has 0 unspecified atom stereocenters. The highest BCUT2D eigenvalue weighted by atomic mass is 32.2.